The van der Waals surface area contributed by atoms with E-state index in [2.05, 4.69) is 0 Å². The highest BCUT2D eigenvalue weighted by atomic mass is 16.3. The highest BCUT2D eigenvalue weighted by Gasteiger charge is 2.15. The van der Waals surface area contributed by atoms with Crippen LogP contribution in [0.15, 0.2) is 0 Å². The summed E-state index contributed by atoms with van der Waals surface area (Å²) in [7, 11) is 1.68. The molecule has 4 heteroatoms. The van der Waals surface area contributed by atoms with E-state index in [0.29, 0.717) is 19.4 Å². The molecule has 0 atom stereocenters. The van der Waals surface area contributed by atoms with Gasteiger partial charge in [-0.15, -0.1) is 0 Å². The lowest BCUT2D eigenvalue weighted by Crippen LogP contribution is -2.35. The highest BCUT2D eigenvalue weighted by Crippen LogP contribution is 2.08. The van der Waals surface area contributed by atoms with E-state index in [9.17, 15) is 4.79 Å². The fourth-order valence-electron chi connectivity index (χ4n) is 0.895. The lowest BCUT2D eigenvalue weighted by atomic mass is 10.00. The Bertz CT molecular complexity index is 163. The average Bonchev–Trinajstić information content (AvgIpc) is 1.99. The number of aliphatic hydroxyl groups excluding tert-OH is 1. The van der Waals surface area contributed by atoms with E-state index < -0.39 is 0 Å². The Hall–Kier alpha value is -0.610. The number of amides is 1. The van der Waals surface area contributed by atoms with Gasteiger partial charge in [0.1, 0.15) is 0 Å². The Labute approximate surface area is 79.7 Å². The molecule has 0 rings (SSSR count). The first-order valence-corrected chi connectivity index (χ1v) is 4.50. The van der Waals surface area contributed by atoms with E-state index in [0.717, 1.165) is 0 Å². The standard InChI is InChI=1S/C9H20N2O2/c1-9(2,10)5-4-8(13)11(3)6-7-12/h12H,4-7,10H2,1-3H3. The number of hydrogen-bond donors (Lipinski definition) is 2. The lowest BCUT2D eigenvalue weighted by molar-refractivity contribution is -0.130. The van der Waals surface area contributed by atoms with E-state index >= 15 is 0 Å². The maximum Gasteiger partial charge on any atom is 0.222 e. The molecule has 0 unspecified atom stereocenters. The van der Waals surface area contributed by atoms with Crippen LogP contribution in [0.5, 0.6) is 0 Å². The van der Waals surface area contributed by atoms with Crippen LogP contribution in [0, 0.1) is 0 Å². The van der Waals surface area contributed by atoms with Gasteiger partial charge in [-0.1, -0.05) is 0 Å². The minimum atomic E-state index is -0.296. The second-order valence-corrected chi connectivity index (χ2v) is 4.03. The third-order valence-electron chi connectivity index (χ3n) is 1.84. The molecule has 0 spiro atoms. The number of carbonyl (C=O) groups excluding carboxylic acids is 1. The average molecular weight is 188 g/mol. The topological polar surface area (TPSA) is 66.6 Å². The lowest BCUT2D eigenvalue weighted by Gasteiger charge is -2.20. The number of nitrogens with zero attached hydrogens (tertiary/aromatic N) is 1. The first-order valence-electron chi connectivity index (χ1n) is 4.50. The Kier molecular flexibility index (Phi) is 4.95. The minimum absolute atomic E-state index is 0.00819. The smallest absolute Gasteiger partial charge is 0.222 e. The summed E-state index contributed by atoms with van der Waals surface area (Å²) in [6, 6.07) is 0. The van der Waals surface area contributed by atoms with Gasteiger partial charge in [0, 0.05) is 25.6 Å². The van der Waals surface area contributed by atoms with Crippen molar-refractivity contribution in [3.05, 3.63) is 0 Å². The number of nitrogens with two attached hydrogens (primary N) is 1. The molecule has 0 heterocycles. The summed E-state index contributed by atoms with van der Waals surface area (Å²) in [5, 5.41) is 8.60. The van der Waals surface area contributed by atoms with Crippen LogP contribution in [0.3, 0.4) is 0 Å². The fraction of sp³-hybridized carbons (Fsp3) is 0.889. The molecule has 78 valence electrons. The van der Waals surface area contributed by atoms with E-state index in [4.69, 9.17) is 10.8 Å². The predicted molar refractivity (Wildman–Crippen MR) is 52.2 cm³/mol. The van der Waals surface area contributed by atoms with Crippen molar-refractivity contribution < 1.29 is 9.90 Å². The maximum absolute atomic E-state index is 11.3. The summed E-state index contributed by atoms with van der Waals surface area (Å²) in [5.41, 5.74) is 5.44. The third-order valence-corrected chi connectivity index (χ3v) is 1.84. The largest absolute Gasteiger partial charge is 0.395 e. The van der Waals surface area contributed by atoms with E-state index in [1.165, 1.54) is 4.90 Å². The number of likely N-dealkylation sites (N-methyl/N-ethyl adjacent to an activating group) is 1. The molecular formula is C9H20N2O2. The molecule has 13 heavy (non-hydrogen) atoms. The second kappa shape index (κ2) is 5.19. The van der Waals surface area contributed by atoms with Gasteiger partial charge in [0.2, 0.25) is 5.91 Å². The van der Waals surface area contributed by atoms with E-state index in [1.807, 2.05) is 13.8 Å². The van der Waals surface area contributed by atoms with Gasteiger partial charge in [0.25, 0.3) is 0 Å². The van der Waals surface area contributed by atoms with Crippen LogP contribution in [0.4, 0.5) is 0 Å². The zero-order valence-corrected chi connectivity index (χ0v) is 8.71. The molecule has 0 aromatic heterocycles. The zero-order chi connectivity index (χ0) is 10.5. The molecule has 0 aromatic carbocycles. The van der Waals surface area contributed by atoms with Crippen molar-refractivity contribution in [2.75, 3.05) is 20.2 Å². The van der Waals surface area contributed by atoms with Crippen molar-refractivity contribution in [1.29, 1.82) is 0 Å². The van der Waals surface area contributed by atoms with Gasteiger partial charge in [-0.05, 0) is 20.3 Å². The van der Waals surface area contributed by atoms with Gasteiger partial charge in [0.15, 0.2) is 0 Å². The van der Waals surface area contributed by atoms with Crippen molar-refractivity contribution in [3.8, 4) is 0 Å². The quantitative estimate of drug-likeness (QED) is 0.636. The molecule has 0 bridgehead atoms. The summed E-state index contributed by atoms with van der Waals surface area (Å²) < 4.78 is 0. The highest BCUT2D eigenvalue weighted by molar-refractivity contribution is 5.75. The maximum atomic E-state index is 11.3. The molecule has 3 N–H and O–H groups in total. The zero-order valence-electron chi connectivity index (χ0n) is 8.71. The third kappa shape index (κ3) is 6.54. The monoisotopic (exact) mass is 188 g/mol. The SMILES string of the molecule is CN(CCO)C(=O)CCC(C)(C)N. The van der Waals surface area contributed by atoms with E-state index in [1.54, 1.807) is 7.05 Å². The number of carbonyl (C=O) groups is 1. The normalized spacial score (nSPS) is 11.5. The van der Waals surface area contributed by atoms with Crippen LogP contribution in [0.1, 0.15) is 26.7 Å². The summed E-state index contributed by atoms with van der Waals surface area (Å²) in [6.07, 6.45) is 1.11. The summed E-state index contributed by atoms with van der Waals surface area (Å²) >= 11 is 0. The summed E-state index contributed by atoms with van der Waals surface area (Å²) in [6.45, 7) is 4.19. The number of hydrogen-bond acceptors (Lipinski definition) is 3. The predicted octanol–water partition coefficient (Wildman–Crippen LogP) is -0.0454. The minimum Gasteiger partial charge on any atom is -0.395 e. The number of rotatable bonds is 5. The molecule has 0 aliphatic heterocycles. The Morgan fingerprint density at radius 2 is 2.08 bits per heavy atom. The fourth-order valence-corrected chi connectivity index (χ4v) is 0.895. The van der Waals surface area contributed by atoms with Crippen molar-refractivity contribution >= 4 is 5.91 Å². The second-order valence-electron chi connectivity index (χ2n) is 4.03. The molecule has 0 radical (unpaired) electrons. The van der Waals surface area contributed by atoms with Crippen molar-refractivity contribution in [1.82, 2.24) is 4.90 Å². The first-order chi connectivity index (χ1) is 5.87. The van der Waals surface area contributed by atoms with Crippen LogP contribution in [0.2, 0.25) is 0 Å². The Balaban J connectivity index is 3.74. The van der Waals surface area contributed by atoms with Crippen LogP contribution < -0.4 is 5.73 Å². The summed E-state index contributed by atoms with van der Waals surface area (Å²) in [5.74, 6) is 0.0348. The van der Waals surface area contributed by atoms with Gasteiger partial charge in [-0.3, -0.25) is 4.79 Å². The number of aliphatic hydroxyl groups is 1. The molecule has 0 aliphatic carbocycles. The Morgan fingerprint density at radius 3 is 2.46 bits per heavy atom. The van der Waals surface area contributed by atoms with Gasteiger partial charge in [0.05, 0.1) is 6.61 Å². The van der Waals surface area contributed by atoms with Crippen LogP contribution in [-0.4, -0.2) is 41.7 Å². The van der Waals surface area contributed by atoms with Gasteiger partial charge >= 0.3 is 0 Å². The molecular weight excluding hydrogens is 168 g/mol. The first kappa shape index (κ1) is 12.4. The summed E-state index contributed by atoms with van der Waals surface area (Å²) in [4.78, 5) is 12.9. The van der Waals surface area contributed by atoms with Crippen molar-refractivity contribution in [2.24, 2.45) is 5.73 Å². The van der Waals surface area contributed by atoms with Crippen LogP contribution in [0.25, 0.3) is 0 Å². The molecule has 0 aromatic rings. The Morgan fingerprint density at radius 1 is 1.54 bits per heavy atom. The van der Waals surface area contributed by atoms with Crippen molar-refractivity contribution in [2.45, 2.75) is 32.2 Å². The molecule has 1 amide bonds. The molecule has 0 aliphatic rings. The van der Waals surface area contributed by atoms with Crippen molar-refractivity contribution in [3.63, 3.8) is 0 Å². The van der Waals surface area contributed by atoms with E-state index in [-0.39, 0.29) is 18.1 Å². The van der Waals surface area contributed by atoms with Gasteiger partial charge in [-0.25, -0.2) is 0 Å². The molecule has 4 nitrogen and oxygen atoms in total. The van der Waals surface area contributed by atoms with Gasteiger partial charge in [-0.2, -0.15) is 0 Å². The van der Waals surface area contributed by atoms with Crippen LogP contribution >= 0.6 is 0 Å². The van der Waals surface area contributed by atoms with Gasteiger partial charge < -0.3 is 15.7 Å². The molecule has 0 saturated carbocycles. The molecule has 0 fully saturated rings. The van der Waals surface area contributed by atoms with Crippen LogP contribution in [-0.2, 0) is 4.79 Å². The molecule has 0 saturated heterocycles.